The molecule has 170 valence electrons. The van der Waals surface area contributed by atoms with Gasteiger partial charge in [-0.15, -0.1) is 0 Å². The molecule has 1 heterocycles. The van der Waals surface area contributed by atoms with Crippen LogP contribution in [0.5, 0.6) is 0 Å². The number of likely N-dealkylation sites (tertiary alicyclic amines) is 1. The molecule has 0 aromatic heterocycles. The Morgan fingerprint density at radius 3 is 2.47 bits per heavy atom. The molecule has 0 bridgehead atoms. The number of aliphatic hydroxyl groups is 1. The van der Waals surface area contributed by atoms with Crippen molar-refractivity contribution in [2.24, 2.45) is 0 Å². The number of benzene rings is 1. The van der Waals surface area contributed by atoms with Gasteiger partial charge in [-0.2, -0.15) is 0 Å². The van der Waals surface area contributed by atoms with Crippen LogP contribution in [0.4, 0.5) is 4.79 Å². The Morgan fingerprint density at radius 1 is 1.20 bits per heavy atom. The van der Waals surface area contributed by atoms with E-state index in [1.165, 1.54) is 5.56 Å². The Labute approximate surface area is 182 Å². The van der Waals surface area contributed by atoms with Gasteiger partial charge in [-0.1, -0.05) is 30.3 Å². The van der Waals surface area contributed by atoms with Crippen molar-refractivity contribution in [3.8, 4) is 0 Å². The van der Waals surface area contributed by atoms with Crippen molar-refractivity contribution in [2.75, 3.05) is 33.3 Å². The Kier molecular flexibility index (Phi) is 10.1. The second-order valence-electron chi connectivity index (χ2n) is 9.24. The summed E-state index contributed by atoms with van der Waals surface area (Å²) in [7, 11) is 1.84. The van der Waals surface area contributed by atoms with E-state index < -0.39 is 5.60 Å². The molecule has 0 radical (unpaired) electrons. The van der Waals surface area contributed by atoms with Crippen LogP contribution >= 0.6 is 0 Å². The number of hydrogen-bond acceptors (Lipinski definition) is 5. The summed E-state index contributed by atoms with van der Waals surface area (Å²) in [6.45, 7) is 9.44. The van der Waals surface area contributed by atoms with Crippen LogP contribution in [0, 0.1) is 0 Å². The number of carbonyl (C=O) groups excluding carboxylic acids is 1. The topological polar surface area (TPSA) is 62.2 Å². The lowest BCUT2D eigenvalue weighted by molar-refractivity contribution is 0.00810. The van der Waals surface area contributed by atoms with E-state index in [9.17, 15) is 9.90 Å². The molecule has 6 heteroatoms. The lowest BCUT2D eigenvalue weighted by Crippen LogP contribution is -2.47. The highest BCUT2D eigenvalue weighted by molar-refractivity contribution is 5.68. The van der Waals surface area contributed by atoms with E-state index >= 15 is 0 Å². The maximum absolute atomic E-state index is 12.3. The number of carbonyl (C=O) groups is 1. The van der Waals surface area contributed by atoms with E-state index in [4.69, 9.17) is 9.47 Å². The molecular formula is C24H40N2O4. The number of ether oxygens (including phenoxy) is 2. The van der Waals surface area contributed by atoms with Gasteiger partial charge >= 0.3 is 6.09 Å². The molecule has 1 aliphatic heterocycles. The first-order valence-corrected chi connectivity index (χ1v) is 11.2. The molecule has 1 amide bonds. The maximum atomic E-state index is 12.3. The number of amides is 1. The molecule has 1 aromatic carbocycles. The summed E-state index contributed by atoms with van der Waals surface area (Å²) < 4.78 is 11.6. The lowest BCUT2D eigenvalue weighted by Gasteiger charge is -2.37. The smallest absolute Gasteiger partial charge is 0.410 e. The Balaban J connectivity index is 1.74. The molecule has 6 nitrogen and oxygen atoms in total. The van der Waals surface area contributed by atoms with Crippen molar-refractivity contribution in [2.45, 2.75) is 77.2 Å². The van der Waals surface area contributed by atoms with Gasteiger partial charge in [0.15, 0.2) is 0 Å². The van der Waals surface area contributed by atoms with Crippen LogP contribution in [-0.4, -0.2) is 72.0 Å². The van der Waals surface area contributed by atoms with Gasteiger partial charge in [0.25, 0.3) is 0 Å². The van der Waals surface area contributed by atoms with Gasteiger partial charge < -0.3 is 24.4 Å². The summed E-state index contributed by atoms with van der Waals surface area (Å²) in [5, 5.41) is 9.21. The minimum atomic E-state index is -0.463. The van der Waals surface area contributed by atoms with Crippen LogP contribution in [0.1, 0.15) is 58.4 Å². The van der Waals surface area contributed by atoms with E-state index in [-0.39, 0.29) is 24.8 Å². The van der Waals surface area contributed by atoms with Crippen LogP contribution in [0.2, 0.25) is 0 Å². The third-order valence-electron chi connectivity index (χ3n) is 5.57. The molecule has 1 atom stereocenters. The summed E-state index contributed by atoms with van der Waals surface area (Å²) in [4.78, 5) is 16.5. The van der Waals surface area contributed by atoms with E-state index in [1.807, 2.05) is 46.0 Å². The summed E-state index contributed by atoms with van der Waals surface area (Å²) in [5.74, 6) is 0. The molecule has 0 saturated carbocycles. The molecule has 1 saturated heterocycles. The Morgan fingerprint density at radius 2 is 1.87 bits per heavy atom. The van der Waals surface area contributed by atoms with E-state index in [2.05, 4.69) is 17.0 Å². The second-order valence-corrected chi connectivity index (χ2v) is 9.24. The van der Waals surface area contributed by atoms with Crippen molar-refractivity contribution in [1.29, 1.82) is 0 Å². The van der Waals surface area contributed by atoms with E-state index in [0.29, 0.717) is 6.61 Å². The third-order valence-corrected chi connectivity index (χ3v) is 5.57. The van der Waals surface area contributed by atoms with Crippen LogP contribution in [0.3, 0.4) is 0 Å². The average molecular weight is 421 g/mol. The third kappa shape index (κ3) is 9.02. The predicted molar refractivity (Wildman–Crippen MR) is 119 cm³/mol. The van der Waals surface area contributed by atoms with Crippen molar-refractivity contribution >= 4 is 6.09 Å². The minimum Gasteiger partial charge on any atom is -0.444 e. The summed E-state index contributed by atoms with van der Waals surface area (Å²) in [5.41, 5.74) is 0.715. The SMILES string of the molecule is CN(C(=O)OC(C)(C)C)C1CCN(CCC(CCCO)OCc2ccccc2)CC1. The van der Waals surface area contributed by atoms with Crippen LogP contribution in [-0.2, 0) is 16.1 Å². The second kappa shape index (κ2) is 12.3. The molecule has 2 rings (SSSR count). The number of hydrogen-bond donors (Lipinski definition) is 1. The van der Waals surface area contributed by atoms with Crippen LogP contribution in [0.15, 0.2) is 30.3 Å². The first-order chi connectivity index (χ1) is 14.3. The van der Waals surface area contributed by atoms with E-state index in [1.54, 1.807) is 4.90 Å². The Hall–Kier alpha value is -1.63. The zero-order valence-corrected chi connectivity index (χ0v) is 19.2. The molecule has 1 fully saturated rings. The molecule has 0 aliphatic carbocycles. The first-order valence-electron chi connectivity index (χ1n) is 11.2. The normalized spacial score (nSPS) is 17.0. The average Bonchev–Trinajstić information content (AvgIpc) is 2.72. The van der Waals surface area contributed by atoms with Crippen molar-refractivity contribution in [1.82, 2.24) is 9.80 Å². The van der Waals surface area contributed by atoms with Gasteiger partial charge in [0.2, 0.25) is 0 Å². The van der Waals surface area contributed by atoms with Crippen molar-refractivity contribution < 1.29 is 19.4 Å². The highest BCUT2D eigenvalue weighted by Gasteiger charge is 2.28. The lowest BCUT2D eigenvalue weighted by atomic mass is 10.0. The maximum Gasteiger partial charge on any atom is 0.410 e. The number of nitrogens with zero attached hydrogens (tertiary/aromatic N) is 2. The monoisotopic (exact) mass is 420 g/mol. The fraction of sp³-hybridized carbons (Fsp3) is 0.708. The number of aliphatic hydroxyl groups excluding tert-OH is 1. The molecule has 1 aromatic rings. The quantitative estimate of drug-likeness (QED) is 0.618. The highest BCUT2D eigenvalue weighted by atomic mass is 16.6. The predicted octanol–water partition coefficient (Wildman–Crippen LogP) is 4.07. The summed E-state index contributed by atoms with van der Waals surface area (Å²) >= 11 is 0. The minimum absolute atomic E-state index is 0.152. The zero-order chi connectivity index (χ0) is 22.0. The van der Waals surface area contributed by atoms with E-state index in [0.717, 1.165) is 51.7 Å². The van der Waals surface area contributed by atoms with Gasteiger partial charge in [0.1, 0.15) is 5.60 Å². The van der Waals surface area contributed by atoms with Crippen LogP contribution < -0.4 is 0 Å². The summed E-state index contributed by atoms with van der Waals surface area (Å²) in [6.07, 6.45) is 4.44. The summed E-state index contributed by atoms with van der Waals surface area (Å²) in [6, 6.07) is 10.5. The fourth-order valence-corrected chi connectivity index (χ4v) is 3.76. The molecule has 0 spiro atoms. The molecular weight excluding hydrogens is 380 g/mol. The van der Waals surface area contributed by atoms with Gasteiger partial charge in [-0.05, 0) is 58.4 Å². The number of rotatable bonds is 10. The van der Waals surface area contributed by atoms with Gasteiger partial charge in [0, 0.05) is 39.3 Å². The van der Waals surface area contributed by atoms with Gasteiger partial charge in [0.05, 0.1) is 12.7 Å². The molecule has 1 N–H and O–H groups in total. The van der Waals surface area contributed by atoms with Crippen molar-refractivity contribution in [3.05, 3.63) is 35.9 Å². The molecule has 1 unspecified atom stereocenters. The Bertz CT molecular complexity index is 609. The molecule has 1 aliphatic rings. The van der Waals surface area contributed by atoms with Gasteiger partial charge in [-0.25, -0.2) is 4.79 Å². The first kappa shape index (κ1) is 24.6. The van der Waals surface area contributed by atoms with Gasteiger partial charge in [-0.3, -0.25) is 0 Å². The van der Waals surface area contributed by atoms with Crippen LogP contribution in [0.25, 0.3) is 0 Å². The molecule has 30 heavy (non-hydrogen) atoms. The largest absolute Gasteiger partial charge is 0.444 e. The standard InChI is InChI=1S/C24H40N2O4/c1-24(2,3)30-23(28)25(4)21-12-15-26(16-13-21)17-14-22(11-8-18-27)29-19-20-9-6-5-7-10-20/h5-7,9-10,21-22,27H,8,11-19H2,1-4H3. The van der Waals surface area contributed by atoms with Crippen molar-refractivity contribution in [3.63, 3.8) is 0 Å². The number of piperidine rings is 1. The zero-order valence-electron chi connectivity index (χ0n) is 19.2. The fourth-order valence-electron chi connectivity index (χ4n) is 3.76. The highest BCUT2D eigenvalue weighted by Crippen LogP contribution is 2.20.